The van der Waals surface area contributed by atoms with Crippen molar-refractivity contribution in [2.24, 2.45) is 0 Å². The van der Waals surface area contributed by atoms with Crippen LogP contribution in [0.2, 0.25) is 10.0 Å². The predicted molar refractivity (Wildman–Crippen MR) is 110 cm³/mol. The molecule has 0 aliphatic carbocycles. The Hall–Kier alpha value is -2.70. The van der Waals surface area contributed by atoms with E-state index in [-0.39, 0.29) is 12.3 Å². The van der Waals surface area contributed by atoms with E-state index in [4.69, 9.17) is 32.7 Å². The van der Waals surface area contributed by atoms with E-state index < -0.39 is 5.91 Å². The first-order valence-electron chi connectivity index (χ1n) is 8.44. The molecular formula is C20H20Cl2N2O4. The molecule has 2 N–H and O–H groups in total. The van der Waals surface area contributed by atoms with Gasteiger partial charge in [-0.25, -0.2) is 0 Å². The Bertz CT molecular complexity index is 867. The van der Waals surface area contributed by atoms with Crippen LogP contribution in [0.5, 0.6) is 11.5 Å². The Morgan fingerprint density at radius 1 is 1.11 bits per heavy atom. The van der Waals surface area contributed by atoms with Gasteiger partial charge in [0.25, 0.3) is 5.91 Å². The summed E-state index contributed by atoms with van der Waals surface area (Å²) in [4.78, 5) is 23.8. The van der Waals surface area contributed by atoms with Crippen molar-refractivity contribution >= 4 is 41.1 Å². The molecule has 0 aliphatic heterocycles. The standard InChI is InChI=1S/C20H20Cl2N2O4/c1-3-28-20-16(22)10-14(11-17(20)27-2)6-9-18(25)23-24-19(26)12-13-4-7-15(21)8-5-13/h4-11H,3,12H2,1-2H3,(H,23,25)(H,24,26)/b9-6+. The molecule has 2 amide bonds. The van der Waals surface area contributed by atoms with E-state index in [0.29, 0.717) is 33.7 Å². The third-order valence-corrected chi connectivity index (χ3v) is 4.10. The third-order valence-electron chi connectivity index (χ3n) is 3.57. The lowest BCUT2D eigenvalue weighted by atomic mass is 10.1. The van der Waals surface area contributed by atoms with Gasteiger partial charge in [0.1, 0.15) is 0 Å². The lowest BCUT2D eigenvalue weighted by molar-refractivity contribution is -0.126. The summed E-state index contributed by atoms with van der Waals surface area (Å²) < 4.78 is 10.7. The van der Waals surface area contributed by atoms with Crippen molar-refractivity contribution in [2.45, 2.75) is 13.3 Å². The van der Waals surface area contributed by atoms with Gasteiger partial charge in [-0.1, -0.05) is 35.3 Å². The van der Waals surface area contributed by atoms with Crippen molar-refractivity contribution in [1.82, 2.24) is 10.9 Å². The van der Waals surface area contributed by atoms with Crippen molar-refractivity contribution in [3.63, 3.8) is 0 Å². The van der Waals surface area contributed by atoms with E-state index in [1.54, 1.807) is 42.5 Å². The van der Waals surface area contributed by atoms with Crippen LogP contribution in [-0.4, -0.2) is 25.5 Å². The molecule has 0 heterocycles. The number of halogens is 2. The fourth-order valence-electron chi connectivity index (χ4n) is 2.30. The second kappa shape index (κ2) is 10.6. The van der Waals surface area contributed by atoms with Crippen LogP contribution in [0.4, 0.5) is 0 Å². The van der Waals surface area contributed by atoms with Crippen LogP contribution in [-0.2, 0) is 16.0 Å². The second-order valence-electron chi connectivity index (χ2n) is 5.64. The highest BCUT2D eigenvalue weighted by atomic mass is 35.5. The Labute approximate surface area is 173 Å². The number of hydrazine groups is 1. The van der Waals surface area contributed by atoms with Gasteiger partial charge >= 0.3 is 0 Å². The fraction of sp³-hybridized carbons (Fsp3) is 0.200. The summed E-state index contributed by atoms with van der Waals surface area (Å²) in [5.74, 6) is 0.0664. The number of carbonyl (C=O) groups excluding carboxylic acids is 2. The summed E-state index contributed by atoms with van der Waals surface area (Å²) in [5.41, 5.74) is 6.09. The Kier molecular flexibility index (Phi) is 8.17. The average molecular weight is 423 g/mol. The van der Waals surface area contributed by atoms with Crippen LogP contribution >= 0.6 is 23.2 Å². The number of amides is 2. The van der Waals surface area contributed by atoms with Gasteiger partial charge in [-0.2, -0.15) is 0 Å². The zero-order chi connectivity index (χ0) is 20.5. The topological polar surface area (TPSA) is 76.7 Å². The van der Waals surface area contributed by atoms with E-state index in [0.717, 1.165) is 5.56 Å². The van der Waals surface area contributed by atoms with E-state index in [9.17, 15) is 9.59 Å². The molecule has 0 aromatic heterocycles. The first kappa shape index (κ1) is 21.6. The monoisotopic (exact) mass is 422 g/mol. The Balaban J connectivity index is 1.91. The van der Waals surface area contributed by atoms with Gasteiger partial charge in [0.2, 0.25) is 5.91 Å². The molecular weight excluding hydrogens is 403 g/mol. The molecule has 0 spiro atoms. The first-order chi connectivity index (χ1) is 13.4. The molecule has 8 heteroatoms. The maximum atomic E-state index is 11.9. The maximum absolute atomic E-state index is 11.9. The molecule has 0 unspecified atom stereocenters. The minimum absolute atomic E-state index is 0.118. The van der Waals surface area contributed by atoms with Gasteiger partial charge in [-0.05, 0) is 48.4 Å². The van der Waals surface area contributed by atoms with Crippen molar-refractivity contribution in [2.75, 3.05) is 13.7 Å². The highest BCUT2D eigenvalue weighted by molar-refractivity contribution is 6.32. The third kappa shape index (κ3) is 6.48. The Morgan fingerprint density at radius 2 is 1.82 bits per heavy atom. The molecule has 0 bridgehead atoms. The summed E-state index contributed by atoms with van der Waals surface area (Å²) in [6, 6.07) is 10.2. The zero-order valence-corrected chi connectivity index (χ0v) is 16.9. The van der Waals surface area contributed by atoms with Crippen LogP contribution in [0.25, 0.3) is 6.08 Å². The SMILES string of the molecule is CCOc1c(Cl)cc(/C=C/C(=O)NNC(=O)Cc2ccc(Cl)cc2)cc1OC. The summed E-state index contributed by atoms with van der Waals surface area (Å²) in [6.07, 6.45) is 2.94. The minimum atomic E-state index is -0.492. The molecule has 0 saturated heterocycles. The molecule has 2 rings (SSSR count). The smallest absolute Gasteiger partial charge is 0.262 e. The van der Waals surface area contributed by atoms with Crippen molar-refractivity contribution in [3.05, 3.63) is 63.6 Å². The Morgan fingerprint density at radius 3 is 2.46 bits per heavy atom. The second-order valence-corrected chi connectivity index (χ2v) is 6.48. The largest absolute Gasteiger partial charge is 0.493 e. The molecule has 2 aromatic rings. The summed E-state index contributed by atoms with van der Waals surface area (Å²) in [6.45, 7) is 2.29. The molecule has 2 aromatic carbocycles. The van der Waals surface area contributed by atoms with Gasteiger partial charge in [-0.15, -0.1) is 0 Å². The predicted octanol–water partition coefficient (Wildman–Crippen LogP) is 3.80. The average Bonchev–Trinajstić information content (AvgIpc) is 2.68. The number of methoxy groups -OCH3 is 1. The van der Waals surface area contributed by atoms with Crippen molar-refractivity contribution in [1.29, 1.82) is 0 Å². The first-order valence-corrected chi connectivity index (χ1v) is 9.20. The van der Waals surface area contributed by atoms with E-state index >= 15 is 0 Å². The van der Waals surface area contributed by atoms with Crippen LogP contribution < -0.4 is 20.3 Å². The number of benzene rings is 2. The molecule has 0 fully saturated rings. The summed E-state index contributed by atoms with van der Waals surface area (Å²) >= 11 is 12.0. The van der Waals surface area contributed by atoms with Gasteiger partial charge in [-0.3, -0.25) is 20.4 Å². The number of nitrogens with one attached hydrogen (secondary N) is 2. The van der Waals surface area contributed by atoms with E-state index in [1.165, 1.54) is 13.2 Å². The van der Waals surface area contributed by atoms with Crippen molar-refractivity contribution < 1.29 is 19.1 Å². The molecule has 0 saturated carbocycles. The number of hydrogen-bond acceptors (Lipinski definition) is 4. The van der Waals surface area contributed by atoms with Crippen LogP contribution in [0.1, 0.15) is 18.1 Å². The highest BCUT2D eigenvalue weighted by Gasteiger charge is 2.11. The molecule has 0 aliphatic rings. The van der Waals surface area contributed by atoms with Gasteiger partial charge in [0, 0.05) is 11.1 Å². The number of ether oxygens (including phenoxy) is 2. The summed E-state index contributed by atoms with van der Waals surface area (Å²) in [7, 11) is 1.50. The lowest BCUT2D eigenvalue weighted by Crippen LogP contribution is -2.41. The number of hydrogen-bond donors (Lipinski definition) is 2. The van der Waals surface area contributed by atoms with E-state index in [2.05, 4.69) is 10.9 Å². The van der Waals surface area contributed by atoms with Crippen molar-refractivity contribution in [3.8, 4) is 11.5 Å². The minimum Gasteiger partial charge on any atom is -0.493 e. The van der Waals surface area contributed by atoms with Crippen LogP contribution in [0, 0.1) is 0 Å². The zero-order valence-electron chi connectivity index (χ0n) is 15.4. The molecule has 28 heavy (non-hydrogen) atoms. The van der Waals surface area contributed by atoms with Crippen LogP contribution in [0.15, 0.2) is 42.5 Å². The molecule has 0 atom stereocenters. The van der Waals surface area contributed by atoms with Crippen LogP contribution in [0.3, 0.4) is 0 Å². The van der Waals surface area contributed by atoms with Gasteiger partial charge in [0.05, 0.1) is 25.2 Å². The van der Waals surface area contributed by atoms with Gasteiger partial charge in [0.15, 0.2) is 11.5 Å². The van der Waals surface area contributed by atoms with Gasteiger partial charge < -0.3 is 9.47 Å². The van der Waals surface area contributed by atoms with E-state index in [1.807, 2.05) is 6.92 Å². The quantitative estimate of drug-likeness (QED) is 0.525. The lowest BCUT2D eigenvalue weighted by Gasteiger charge is -2.11. The maximum Gasteiger partial charge on any atom is 0.262 e. The number of rotatable bonds is 7. The normalized spacial score (nSPS) is 10.6. The number of carbonyl (C=O) groups is 2. The fourth-order valence-corrected chi connectivity index (χ4v) is 2.70. The molecule has 6 nitrogen and oxygen atoms in total. The molecule has 148 valence electrons. The molecule has 0 radical (unpaired) electrons. The summed E-state index contributed by atoms with van der Waals surface area (Å²) in [5, 5.41) is 0.964. The highest BCUT2D eigenvalue weighted by Crippen LogP contribution is 2.36.